The molecule has 1 aliphatic carbocycles. The highest BCUT2D eigenvalue weighted by Gasteiger charge is 2.29. The molecule has 1 heterocycles. The minimum Gasteiger partial charge on any atom is -0.388 e. The van der Waals surface area contributed by atoms with Crippen LogP contribution in [-0.2, 0) is 6.54 Å². The van der Waals surface area contributed by atoms with Crippen LogP contribution in [0.15, 0.2) is 35.3 Å². The van der Waals surface area contributed by atoms with E-state index in [4.69, 9.17) is 4.99 Å². The van der Waals surface area contributed by atoms with E-state index in [1.807, 2.05) is 0 Å². The van der Waals surface area contributed by atoms with Gasteiger partial charge in [0, 0.05) is 32.2 Å². The van der Waals surface area contributed by atoms with Crippen molar-refractivity contribution in [2.45, 2.75) is 70.1 Å². The van der Waals surface area contributed by atoms with E-state index in [-0.39, 0.29) is 0 Å². The van der Waals surface area contributed by atoms with E-state index in [0.29, 0.717) is 12.6 Å². The number of hydrogen-bond acceptors (Lipinski definition) is 3. The van der Waals surface area contributed by atoms with Crippen molar-refractivity contribution < 1.29 is 5.11 Å². The minimum atomic E-state index is -0.598. The highest BCUT2D eigenvalue weighted by Crippen LogP contribution is 2.28. The van der Waals surface area contributed by atoms with E-state index >= 15 is 0 Å². The van der Waals surface area contributed by atoms with Crippen LogP contribution < -0.4 is 10.6 Å². The lowest BCUT2D eigenvalue weighted by molar-refractivity contribution is 0.0131. The molecule has 2 aliphatic rings. The molecule has 0 atom stereocenters. The van der Waals surface area contributed by atoms with Crippen LogP contribution in [0.1, 0.15) is 57.4 Å². The number of guanidine groups is 1. The second-order valence-corrected chi connectivity index (χ2v) is 8.16. The summed E-state index contributed by atoms with van der Waals surface area (Å²) in [6, 6.07) is 11.2. The van der Waals surface area contributed by atoms with Gasteiger partial charge in [0.1, 0.15) is 0 Å². The molecule has 0 bridgehead atoms. The zero-order valence-corrected chi connectivity index (χ0v) is 16.8. The van der Waals surface area contributed by atoms with Gasteiger partial charge in [0.2, 0.25) is 0 Å². The van der Waals surface area contributed by atoms with Crippen LogP contribution in [-0.4, -0.2) is 53.8 Å². The summed E-state index contributed by atoms with van der Waals surface area (Å²) in [6.07, 6.45) is 7.50. The van der Waals surface area contributed by atoms with Crippen molar-refractivity contribution in [3.05, 3.63) is 35.9 Å². The van der Waals surface area contributed by atoms with Crippen LogP contribution in [0.4, 0.5) is 0 Å². The summed E-state index contributed by atoms with van der Waals surface area (Å²) in [5.74, 6) is 0.859. The molecule has 0 spiro atoms. The predicted octanol–water partition coefficient (Wildman–Crippen LogP) is 2.90. The fraction of sp³-hybridized carbons (Fsp3) is 0.682. The highest BCUT2D eigenvalue weighted by atomic mass is 16.3. The molecule has 2 fully saturated rings. The van der Waals surface area contributed by atoms with Gasteiger partial charge in [-0.15, -0.1) is 0 Å². The van der Waals surface area contributed by atoms with Crippen LogP contribution >= 0.6 is 0 Å². The zero-order chi connectivity index (χ0) is 19.0. The Kier molecular flexibility index (Phi) is 7.53. The number of aliphatic hydroxyl groups is 1. The van der Waals surface area contributed by atoms with Gasteiger partial charge in [-0.1, -0.05) is 49.6 Å². The molecule has 0 amide bonds. The lowest BCUT2D eigenvalue weighted by Gasteiger charge is -2.34. The van der Waals surface area contributed by atoms with Crippen LogP contribution in [0, 0.1) is 0 Å². The van der Waals surface area contributed by atoms with Gasteiger partial charge in [0.15, 0.2) is 5.96 Å². The molecule has 1 saturated heterocycles. The molecule has 3 N–H and O–H groups in total. The van der Waals surface area contributed by atoms with Crippen molar-refractivity contribution in [1.29, 1.82) is 0 Å². The third-order valence-corrected chi connectivity index (χ3v) is 5.84. The normalized spacial score (nSPS) is 21.8. The summed E-state index contributed by atoms with van der Waals surface area (Å²) >= 11 is 0. The lowest BCUT2D eigenvalue weighted by atomic mass is 9.85. The maximum atomic E-state index is 10.7. The summed E-state index contributed by atoms with van der Waals surface area (Å²) < 4.78 is 0. The van der Waals surface area contributed by atoms with Crippen molar-refractivity contribution in [2.75, 3.05) is 26.2 Å². The number of rotatable bonds is 6. The average molecular weight is 373 g/mol. The second-order valence-electron chi connectivity index (χ2n) is 8.16. The molecule has 0 unspecified atom stereocenters. The van der Waals surface area contributed by atoms with E-state index in [2.05, 4.69) is 52.8 Å². The molecule has 150 valence electrons. The van der Waals surface area contributed by atoms with Crippen molar-refractivity contribution in [2.24, 2.45) is 4.99 Å². The van der Waals surface area contributed by atoms with Gasteiger partial charge in [0.25, 0.3) is 0 Å². The van der Waals surface area contributed by atoms with Crippen molar-refractivity contribution in [3.8, 4) is 0 Å². The third-order valence-electron chi connectivity index (χ3n) is 5.84. The quantitative estimate of drug-likeness (QED) is 0.531. The third kappa shape index (κ3) is 6.51. The largest absolute Gasteiger partial charge is 0.388 e. The minimum absolute atomic E-state index is 0.454. The second kappa shape index (κ2) is 10.1. The molecule has 27 heavy (non-hydrogen) atoms. The standard InChI is InChI=1S/C22H36N4O/c1-2-23-21(24-18-22(27)13-7-4-8-14-22)25-20-11-15-26(16-12-20)17-19-9-5-3-6-10-19/h3,5-6,9-10,20,27H,2,4,7-8,11-18H2,1H3,(H2,23,24,25). The van der Waals surface area contributed by atoms with Gasteiger partial charge in [-0.25, -0.2) is 0 Å². The van der Waals surface area contributed by atoms with Gasteiger partial charge in [-0.2, -0.15) is 0 Å². The topological polar surface area (TPSA) is 59.9 Å². The summed E-state index contributed by atoms with van der Waals surface area (Å²) in [6.45, 7) is 6.70. The molecule has 1 saturated carbocycles. The van der Waals surface area contributed by atoms with Crippen LogP contribution in [0.3, 0.4) is 0 Å². The summed E-state index contributed by atoms with van der Waals surface area (Å²) in [4.78, 5) is 7.25. The molecular formula is C22H36N4O. The Labute approximate surface area is 164 Å². The number of benzene rings is 1. The molecule has 0 radical (unpaired) electrons. The van der Waals surface area contributed by atoms with Gasteiger partial charge in [-0.05, 0) is 38.2 Å². The molecule has 5 heteroatoms. The number of likely N-dealkylation sites (tertiary alicyclic amines) is 1. The Bertz CT molecular complexity index is 575. The molecular weight excluding hydrogens is 336 g/mol. The Hall–Kier alpha value is -1.59. The SMILES string of the molecule is CCNC(=NCC1(O)CCCCC1)NC1CCN(Cc2ccccc2)CC1. The number of hydrogen-bond donors (Lipinski definition) is 3. The van der Waals surface area contributed by atoms with E-state index < -0.39 is 5.60 Å². The predicted molar refractivity (Wildman–Crippen MR) is 112 cm³/mol. The van der Waals surface area contributed by atoms with Gasteiger partial charge in [-0.3, -0.25) is 9.89 Å². The van der Waals surface area contributed by atoms with E-state index in [0.717, 1.165) is 70.7 Å². The number of nitrogens with one attached hydrogen (secondary N) is 2. The van der Waals surface area contributed by atoms with Crippen LogP contribution in [0.2, 0.25) is 0 Å². The summed E-state index contributed by atoms with van der Waals surface area (Å²) in [5, 5.41) is 17.7. The molecule has 3 rings (SSSR count). The Morgan fingerprint density at radius 1 is 1.15 bits per heavy atom. The Morgan fingerprint density at radius 2 is 1.85 bits per heavy atom. The average Bonchev–Trinajstić information content (AvgIpc) is 2.69. The monoisotopic (exact) mass is 372 g/mol. The zero-order valence-electron chi connectivity index (χ0n) is 16.8. The first-order valence-electron chi connectivity index (χ1n) is 10.7. The molecule has 5 nitrogen and oxygen atoms in total. The van der Waals surface area contributed by atoms with Crippen molar-refractivity contribution in [3.63, 3.8) is 0 Å². The van der Waals surface area contributed by atoms with Crippen LogP contribution in [0.5, 0.6) is 0 Å². The fourth-order valence-corrected chi connectivity index (χ4v) is 4.18. The first-order valence-corrected chi connectivity index (χ1v) is 10.7. The molecule has 1 aromatic rings. The van der Waals surface area contributed by atoms with Crippen LogP contribution in [0.25, 0.3) is 0 Å². The number of piperidine rings is 1. The van der Waals surface area contributed by atoms with E-state index in [1.165, 1.54) is 12.0 Å². The maximum Gasteiger partial charge on any atom is 0.191 e. The number of aliphatic imine (C=N–C) groups is 1. The first kappa shape index (κ1) is 20.2. The smallest absolute Gasteiger partial charge is 0.191 e. The van der Waals surface area contributed by atoms with Gasteiger partial charge >= 0.3 is 0 Å². The molecule has 1 aliphatic heterocycles. The molecule has 0 aromatic heterocycles. The van der Waals surface area contributed by atoms with Gasteiger partial charge in [0.05, 0.1) is 12.1 Å². The fourth-order valence-electron chi connectivity index (χ4n) is 4.18. The Balaban J connectivity index is 1.46. The lowest BCUT2D eigenvalue weighted by Crippen LogP contribution is -2.49. The van der Waals surface area contributed by atoms with E-state index in [1.54, 1.807) is 0 Å². The summed E-state index contributed by atoms with van der Waals surface area (Å²) in [5.41, 5.74) is 0.791. The maximum absolute atomic E-state index is 10.7. The summed E-state index contributed by atoms with van der Waals surface area (Å²) in [7, 11) is 0. The molecule has 1 aromatic carbocycles. The van der Waals surface area contributed by atoms with Crippen molar-refractivity contribution >= 4 is 5.96 Å². The van der Waals surface area contributed by atoms with E-state index in [9.17, 15) is 5.11 Å². The Morgan fingerprint density at radius 3 is 2.52 bits per heavy atom. The number of nitrogens with zero attached hydrogens (tertiary/aromatic N) is 2. The first-order chi connectivity index (χ1) is 13.2. The highest BCUT2D eigenvalue weighted by molar-refractivity contribution is 5.80. The van der Waals surface area contributed by atoms with Gasteiger partial charge < -0.3 is 15.7 Å². The van der Waals surface area contributed by atoms with Crippen molar-refractivity contribution in [1.82, 2.24) is 15.5 Å².